The maximum Gasteiger partial charge on any atom is 0.242 e. The van der Waals surface area contributed by atoms with Crippen molar-refractivity contribution >= 4 is 23.2 Å². The van der Waals surface area contributed by atoms with Gasteiger partial charge in [-0.05, 0) is 43.9 Å². The van der Waals surface area contributed by atoms with Gasteiger partial charge in [0.25, 0.3) is 0 Å². The molecule has 0 aliphatic carbocycles. The van der Waals surface area contributed by atoms with E-state index in [2.05, 4.69) is 12.2 Å². The van der Waals surface area contributed by atoms with Crippen LogP contribution in [0.2, 0.25) is 5.02 Å². The standard InChI is InChI=1S/C16H23ClN2O2/c1-3-13-6-4-5-9-19(13)16(20)11-18-12-7-8-15(21-2)14(17)10-12/h7-8,10,13,18H,3-6,9,11H2,1-2H3. The van der Waals surface area contributed by atoms with Gasteiger partial charge in [0.15, 0.2) is 0 Å². The molecule has 1 aliphatic heterocycles. The fraction of sp³-hybridized carbons (Fsp3) is 0.562. The molecule has 1 aromatic rings. The molecular weight excluding hydrogens is 288 g/mol. The van der Waals surface area contributed by atoms with Crippen molar-refractivity contribution in [2.75, 3.05) is 25.5 Å². The van der Waals surface area contributed by atoms with E-state index in [0.29, 0.717) is 23.4 Å². The van der Waals surface area contributed by atoms with Crippen LogP contribution < -0.4 is 10.1 Å². The molecule has 1 fully saturated rings. The van der Waals surface area contributed by atoms with Gasteiger partial charge in [0.1, 0.15) is 5.75 Å². The van der Waals surface area contributed by atoms with Crippen molar-refractivity contribution in [2.45, 2.75) is 38.6 Å². The van der Waals surface area contributed by atoms with E-state index in [1.807, 2.05) is 11.0 Å². The van der Waals surface area contributed by atoms with E-state index in [9.17, 15) is 4.79 Å². The van der Waals surface area contributed by atoms with Crippen LogP contribution in [0.3, 0.4) is 0 Å². The van der Waals surface area contributed by atoms with Crippen LogP contribution >= 0.6 is 11.6 Å². The van der Waals surface area contributed by atoms with E-state index >= 15 is 0 Å². The fourth-order valence-electron chi connectivity index (χ4n) is 2.81. The molecule has 2 rings (SSSR count). The predicted molar refractivity (Wildman–Crippen MR) is 86.1 cm³/mol. The lowest BCUT2D eigenvalue weighted by Crippen LogP contribution is -2.45. The van der Waals surface area contributed by atoms with E-state index in [-0.39, 0.29) is 5.91 Å². The summed E-state index contributed by atoms with van der Waals surface area (Å²) in [5.41, 5.74) is 0.833. The Labute approximate surface area is 131 Å². The molecule has 116 valence electrons. The second-order valence-electron chi connectivity index (χ2n) is 5.35. The molecule has 0 spiro atoms. The van der Waals surface area contributed by atoms with Crippen LogP contribution in [-0.4, -0.2) is 37.0 Å². The van der Waals surface area contributed by atoms with Crippen LogP contribution in [0.15, 0.2) is 18.2 Å². The molecule has 1 heterocycles. The SMILES string of the molecule is CCC1CCCCN1C(=O)CNc1ccc(OC)c(Cl)c1. The number of carbonyl (C=O) groups excluding carboxylic acids is 1. The zero-order chi connectivity index (χ0) is 15.2. The number of likely N-dealkylation sites (tertiary alicyclic amines) is 1. The molecule has 0 radical (unpaired) electrons. The first-order chi connectivity index (χ1) is 10.2. The maximum absolute atomic E-state index is 12.4. The Hall–Kier alpha value is -1.42. The first kappa shape index (κ1) is 16.0. The van der Waals surface area contributed by atoms with Crippen LogP contribution in [0, 0.1) is 0 Å². The van der Waals surface area contributed by atoms with Crippen molar-refractivity contribution < 1.29 is 9.53 Å². The highest BCUT2D eigenvalue weighted by Crippen LogP contribution is 2.27. The minimum absolute atomic E-state index is 0.161. The zero-order valence-electron chi connectivity index (χ0n) is 12.7. The van der Waals surface area contributed by atoms with Gasteiger partial charge >= 0.3 is 0 Å². The van der Waals surface area contributed by atoms with Crippen LogP contribution in [0.4, 0.5) is 5.69 Å². The average Bonchev–Trinajstić information content (AvgIpc) is 2.52. The molecule has 21 heavy (non-hydrogen) atoms. The third-order valence-corrected chi connectivity index (χ3v) is 4.31. The summed E-state index contributed by atoms with van der Waals surface area (Å²) in [7, 11) is 1.58. The number of halogens is 1. The number of rotatable bonds is 5. The third-order valence-electron chi connectivity index (χ3n) is 4.01. The molecule has 1 amide bonds. The molecule has 0 bridgehead atoms. The number of methoxy groups -OCH3 is 1. The van der Waals surface area contributed by atoms with E-state index in [1.165, 1.54) is 6.42 Å². The lowest BCUT2D eigenvalue weighted by atomic mass is 10.00. The van der Waals surface area contributed by atoms with Gasteiger partial charge in [-0.15, -0.1) is 0 Å². The van der Waals surface area contributed by atoms with Gasteiger partial charge in [0, 0.05) is 18.3 Å². The number of hydrogen-bond donors (Lipinski definition) is 1. The molecule has 0 saturated carbocycles. The second-order valence-corrected chi connectivity index (χ2v) is 5.76. The highest BCUT2D eigenvalue weighted by atomic mass is 35.5. The highest BCUT2D eigenvalue weighted by Gasteiger charge is 2.24. The van der Waals surface area contributed by atoms with Gasteiger partial charge in [-0.2, -0.15) is 0 Å². The number of nitrogens with one attached hydrogen (secondary N) is 1. The summed E-state index contributed by atoms with van der Waals surface area (Å²) < 4.78 is 5.11. The van der Waals surface area contributed by atoms with E-state index in [4.69, 9.17) is 16.3 Å². The molecule has 5 heteroatoms. The smallest absolute Gasteiger partial charge is 0.242 e. The molecule has 1 atom stereocenters. The Morgan fingerprint density at radius 3 is 2.95 bits per heavy atom. The monoisotopic (exact) mass is 310 g/mol. The Bertz CT molecular complexity index is 493. The van der Waals surface area contributed by atoms with Crippen LogP contribution in [0.25, 0.3) is 0 Å². The third kappa shape index (κ3) is 4.03. The predicted octanol–water partition coefficient (Wildman–Crippen LogP) is 3.55. The Morgan fingerprint density at radius 1 is 1.48 bits per heavy atom. The number of anilines is 1. The summed E-state index contributed by atoms with van der Waals surface area (Å²) in [5, 5.41) is 3.69. The molecular formula is C16H23ClN2O2. The Morgan fingerprint density at radius 2 is 2.29 bits per heavy atom. The van der Waals surface area contributed by atoms with Crippen LogP contribution in [0.5, 0.6) is 5.75 Å². The first-order valence-electron chi connectivity index (χ1n) is 7.52. The quantitative estimate of drug-likeness (QED) is 0.904. The molecule has 1 aromatic carbocycles. The number of carbonyl (C=O) groups is 1. The summed E-state index contributed by atoms with van der Waals surface area (Å²) in [4.78, 5) is 14.4. The van der Waals surface area contributed by atoms with Crippen molar-refractivity contribution in [3.05, 3.63) is 23.2 Å². The molecule has 0 aromatic heterocycles. The number of piperidine rings is 1. The molecule has 4 nitrogen and oxygen atoms in total. The summed E-state index contributed by atoms with van der Waals surface area (Å²) in [6.07, 6.45) is 4.48. The molecule has 1 aliphatic rings. The van der Waals surface area contributed by atoms with Crippen molar-refractivity contribution in [1.82, 2.24) is 4.90 Å². The van der Waals surface area contributed by atoms with Gasteiger partial charge in [0.2, 0.25) is 5.91 Å². The van der Waals surface area contributed by atoms with Gasteiger partial charge in [-0.25, -0.2) is 0 Å². The maximum atomic E-state index is 12.4. The van der Waals surface area contributed by atoms with Crippen molar-refractivity contribution in [1.29, 1.82) is 0 Å². The average molecular weight is 311 g/mol. The van der Waals surface area contributed by atoms with E-state index < -0.39 is 0 Å². The zero-order valence-corrected chi connectivity index (χ0v) is 13.4. The first-order valence-corrected chi connectivity index (χ1v) is 7.90. The van der Waals surface area contributed by atoms with E-state index in [1.54, 1.807) is 19.2 Å². The number of nitrogens with zero attached hydrogens (tertiary/aromatic N) is 1. The lowest BCUT2D eigenvalue weighted by Gasteiger charge is -2.35. The molecule has 1 N–H and O–H groups in total. The van der Waals surface area contributed by atoms with Crippen LogP contribution in [-0.2, 0) is 4.79 Å². The van der Waals surface area contributed by atoms with Gasteiger partial charge in [0.05, 0.1) is 18.7 Å². The number of amides is 1. The van der Waals surface area contributed by atoms with Crippen LogP contribution in [0.1, 0.15) is 32.6 Å². The van der Waals surface area contributed by atoms with Crippen molar-refractivity contribution in [3.63, 3.8) is 0 Å². The number of hydrogen-bond acceptors (Lipinski definition) is 3. The van der Waals surface area contributed by atoms with Gasteiger partial charge < -0.3 is 15.0 Å². The summed E-state index contributed by atoms with van der Waals surface area (Å²) >= 11 is 6.08. The summed E-state index contributed by atoms with van der Waals surface area (Å²) in [5.74, 6) is 0.795. The molecule has 1 unspecified atom stereocenters. The fourth-order valence-corrected chi connectivity index (χ4v) is 3.07. The summed E-state index contributed by atoms with van der Waals surface area (Å²) in [6, 6.07) is 5.84. The summed E-state index contributed by atoms with van der Waals surface area (Å²) in [6.45, 7) is 3.33. The second kappa shape index (κ2) is 7.55. The largest absolute Gasteiger partial charge is 0.495 e. The highest BCUT2D eigenvalue weighted by molar-refractivity contribution is 6.32. The number of benzene rings is 1. The minimum atomic E-state index is 0.161. The Kier molecular flexibility index (Phi) is 5.74. The number of ether oxygens (including phenoxy) is 1. The minimum Gasteiger partial charge on any atom is -0.495 e. The Balaban J connectivity index is 1.92. The van der Waals surface area contributed by atoms with Gasteiger partial charge in [-0.1, -0.05) is 18.5 Å². The van der Waals surface area contributed by atoms with E-state index in [0.717, 1.165) is 31.5 Å². The topological polar surface area (TPSA) is 41.6 Å². The lowest BCUT2D eigenvalue weighted by molar-refractivity contribution is -0.133. The molecule has 1 saturated heterocycles. The van der Waals surface area contributed by atoms with Gasteiger partial charge in [-0.3, -0.25) is 4.79 Å². The van der Waals surface area contributed by atoms with Crippen molar-refractivity contribution in [2.24, 2.45) is 0 Å². The normalized spacial score (nSPS) is 18.4. The van der Waals surface area contributed by atoms with Crippen molar-refractivity contribution in [3.8, 4) is 5.75 Å².